The fourth-order valence-electron chi connectivity index (χ4n) is 1.88. The predicted molar refractivity (Wildman–Crippen MR) is 81.6 cm³/mol. The zero-order valence-electron chi connectivity index (χ0n) is 11.3. The van der Waals surface area contributed by atoms with Gasteiger partial charge >= 0.3 is 5.97 Å². The Balaban J connectivity index is 2.65. The zero-order valence-corrected chi connectivity index (χ0v) is 13.7. The van der Waals surface area contributed by atoms with E-state index in [1.807, 2.05) is 26.0 Å². The predicted octanol–water partition coefficient (Wildman–Crippen LogP) is 3.17. The highest BCUT2D eigenvalue weighted by molar-refractivity contribution is 9.10. The third kappa shape index (κ3) is 5.12. The summed E-state index contributed by atoms with van der Waals surface area (Å²) < 4.78 is 0.938. The maximum absolute atomic E-state index is 11.4. The number of pyridine rings is 1. The lowest BCUT2D eigenvalue weighted by molar-refractivity contribution is -0.144. The van der Waals surface area contributed by atoms with Gasteiger partial charge in [0, 0.05) is 15.9 Å². The van der Waals surface area contributed by atoms with Gasteiger partial charge < -0.3 is 10.4 Å². The Morgan fingerprint density at radius 3 is 2.79 bits per heavy atom. The lowest BCUT2D eigenvalue weighted by atomic mass is 9.96. The van der Waals surface area contributed by atoms with Crippen LogP contribution in [-0.2, 0) is 4.79 Å². The van der Waals surface area contributed by atoms with E-state index >= 15 is 0 Å². The molecule has 106 valence electrons. The molecule has 4 nitrogen and oxygen atoms in total. The molecule has 0 aliphatic carbocycles. The number of rotatable bonds is 7. The van der Waals surface area contributed by atoms with Gasteiger partial charge in [0.1, 0.15) is 5.54 Å². The number of aliphatic carboxylic acids is 1. The van der Waals surface area contributed by atoms with Crippen LogP contribution in [0.5, 0.6) is 0 Å². The molecule has 2 N–H and O–H groups in total. The number of hydrogen-bond donors (Lipinski definition) is 2. The van der Waals surface area contributed by atoms with Crippen molar-refractivity contribution in [2.45, 2.75) is 43.0 Å². The van der Waals surface area contributed by atoms with Crippen molar-refractivity contribution in [1.82, 2.24) is 10.3 Å². The number of carboxylic acids is 1. The summed E-state index contributed by atoms with van der Waals surface area (Å²) >= 11 is 4.93. The van der Waals surface area contributed by atoms with Crippen LogP contribution in [0.2, 0.25) is 0 Å². The lowest BCUT2D eigenvalue weighted by Gasteiger charge is -2.28. The van der Waals surface area contributed by atoms with Crippen LogP contribution in [-0.4, -0.2) is 33.4 Å². The van der Waals surface area contributed by atoms with Crippen LogP contribution in [0.4, 0.5) is 0 Å². The number of aromatic nitrogens is 1. The molecule has 0 saturated heterocycles. The summed E-state index contributed by atoms with van der Waals surface area (Å²) in [5.41, 5.74) is -0.892. The van der Waals surface area contributed by atoms with Gasteiger partial charge in [0.15, 0.2) is 0 Å². The Morgan fingerprint density at radius 1 is 1.63 bits per heavy atom. The second-order valence-corrected chi connectivity index (χ2v) is 6.99. The van der Waals surface area contributed by atoms with Crippen LogP contribution in [0.25, 0.3) is 0 Å². The number of halogens is 1. The quantitative estimate of drug-likeness (QED) is 0.742. The molecule has 0 radical (unpaired) electrons. The largest absolute Gasteiger partial charge is 0.480 e. The molecule has 0 aromatic carbocycles. The number of hydrogen-bond acceptors (Lipinski definition) is 4. The Kier molecular flexibility index (Phi) is 6.29. The van der Waals surface area contributed by atoms with Gasteiger partial charge in [-0.25, -0.2) is 4.98 Å². The van der Waals surface area contributed by atoms with Crippen molar-refractivity contribution in [1.29, 1.82) is 0 Å². The van der Waals surface area contributed by atoms with E-state index in [4.69, 9.17) is 0 Å². The van der Waals surface area contributed by atoms with Gasteiger partial charge in [-0.15, -0.1) is 11.8 Å². The van der Waals surface area contributed by atoms with Gasteiger partial charge in [0.2, 0.25) is 0 Å². The highest BCUT2D eigenvalue weighted by Crippen LogP contribution is 2.28. The zero-order chi connectivity index (χ0) is 14.5. The molecule has 0 spiro atoms. The normalized spacial score (nSPS) is 15.8. The van der Waals surface area contributed by atoms with E-state index in [0.717, 1.165) is 9.50 Å². The first-order chi connectivity index (χ1) is 8.87. The van der Waals surface area contributed by atoms with Gasteiger partial charge in [0.25, 0.3) is 0 Å². The van der Waals surface area contributed by atoms with E-state index < -0.39 is 11.5 Å². The van der Waals surface area contributed by atoms with Gasteiger partial charge in [0.05, 0.1) is 5.03 Å². The van der Waals surface area contributed by atoms with Gasteiger partial charge in [-0.3, -0.25) is 4.79 Å². The van der Waals surface area contributed by atoms with E-state index in [0.29, 0.717) is 13.0 Å². The number of carbonyl (C=O) groups is 1. The van der Waals surface area contributed by atoms with Crippen LogP contribution in [0.15, 0.2) is 27.8 Å². The first-order valence-corrected chi connectivity index (χ1v) is 7.81. The minimum absolute atomic E-state index is 0.161. The van der Waals surface area contributed by atoms with Crippen molar-refractivity contribution >= 4 is 33.7 Å². The molecule has 0 bridgehead atoms. The van der Waals surface area contributed by atoms with Crippen LogP contribution >= 0.6 is 27.7 Å². The molecular weight excluding hydrogens is 328 g/mol. The molecule has 0 amide bonds. The summed E-state index contributed by atoms with van der Waals surface area (Å²) in [5.74, 6) is -0.814. The Labute approximate surface area is 126 Å². The SMILES string of the molecule is CCNC(C)(CC(C)Sc1ccc(Br)cn1)C(=O)O. The van der Waals surface area contributed by atoms with E-state index in [9.17, 15) is 9.90 Å². The highest BCUT2D eigenvalue weighted by atomic mass is 79.9. The molecule has 6 heteroatoms. The Morgan fingerprint density at radius 2 is 2.32 bits per heavy atom. The Bertz CT molecular complexity index is 427. The molecule has 1 rings (SSSR count). The van der Waals surface area contributed by atoms with Crippen molar-refractivity contribution in [2.24, 2.45) is 0 Å². The molecule has 0 saturated carbocycles. The summed E-state index contributed by atoms with van der Waals surface area (Å²) in [5, 5.41) is 13.4. The molecule has 19 heavy (non-hydrogen) atoms. The van der Waals surface area contributed by atoms with Gasteiger partial charge in [-0.05, 0) is 48.0 Å². The van der Waals surface area contributed by atoms with E-state index in [2.05, 4.69) is 26.2 Å². The lowest BCUT2D eigenvalue weighted by Crippen LogP contribution is -2.50. The maximum Gasteiger partial charge on any atom is 0.323 e. The van der Waals surface area contributed by atoms with Crippen LogP contribution < -0.4 is 5.32 Å². The van der Waals surface area contributed by atoms with Gasteiger partial charge in [-0.2, -0.15) is 0 Å². The van der Waals surface area contributed by atoms with Crippen LogP contribution in [0.1, 0.15) is 27.2 Å². The highest BCUT2D eigenvalue weighted by Gasteiger charge is 2.33. The molecule has 2 atom stereocenters. The number of likely N-dealkylation sites (N-methyl/N-ethyl adjacent to an activating group) is 1. The minimum Gasteiger partial charge on any atom is -0.480 e. The number of thioether (sulfide) groups is 1. The monoisotopic (exact) mass is 346 g/mol. The first kappa shape index (κ1) is 16.5. The van der Waals surface area contributed by atoms with Crippen molar-refractivity contribution < 1.29 is 9.90 Å². The topological polar surface area (TPSA) is 62.2 Å². The third-order valence-electron chi connectivity index (χ3n) is 2.76. The van der Waals surface area contributed by atoms with Crippen molar-refractivity contribution in [3.05, 3.63) is 22.8 Å². The van der Waals surface area contributed by atoms with Crippen molar-refractivity contribution in [3.8, 4) is 0 Å². The van der Waals surface area contributed by atoms with E-state index in [1.54, 1.807) is 24.9 Å². The first-order valence-electron chi connectivity index (χ1n) is 6.14. The Hall–Kier alpha value is -0.590. The summed E-state index contributed by atoms with van der Waals surface area (Å²) in [6.45, 7) is 6.30. The number of nitrogens with one attached hydrogen (secondary N) is 1. The molecular formula is C13H19BrN2O2S. The number of carboxylic acid groups (broad SMARTS) is 1. The fourth-order valence-corrected chi connectivity index (χ4v) is 3.20. The smallest absolute Gasteiger partial charge is 0.323 e. The summed E-state index contributed by atoms with van der Waals surface area (Å²) in [7, 11) is 0. The molecule has 0 aliphatic rings. The van der Waals surface area contributed by atoms with Crippen LogP contribution in [0.3, 0.4) is 0 Å². The second-order valence-electron chi connectivity index (χ2n) is 4.61. The van der Waals surface area contributed by atoms with Crippen molar-refractivity contribution in [2.75, 3.05) is 6.54 Å². The molecule has 1 aromatic heterocycles. The van der Waals surface area contributed by atoms with E-state index in [-0.39, 0.29) is 5.25 Å². The van der Waals surface area contributed by atoms with Gasteiger partial charge in [-0.1, -0.05) is 13.8 Å². The second kappa shape index (κ2) is 7.26. The van der Waals surface area contributed by atoms with Crippen LogP contribution in [0, 0.1) is 0 Å². The summed E-state index contributed by atoms with van der Waals surface area (Å²) in [6.07, 6.45) is 2.29. The maximum atomic E-state index is 11.4. The molecule has 1 aromatic rings. The van der Waals surface area contributed by atoms with Crippen molar-refractivity contribution in [3.63, 3.8) is 0 Å². The standard InChI is InChI=1S/C13H19BrN2O2S/c1-4-16-13(3,12(17)18)7-9(2)19-11-6-5-10(14)8-15-11/h5-6,8-9,16H,4,7H2,1-3H3,(H,17,18). The summed E-state index contributed by atoms with van der Waals surface area (Å²) in [6, 6.07) is 3.86. The molecule has 1 heterocycles. The van der Waals surface area contributed by atoms with E-state index in [1.165, 1.54) is 0 Å². The average Bonchev–Trinajstić information content (AvgIpc) is 2.32. The number of nitrogens with zero attached hydrogens (tertiary/aromatic N) is 1. The molecule has 2 unspecified atom stereocenters. The molecule has 0 aliphatic heterocycles. The average molecular weight is 347 g/mol. The summed E-state index contributed by atoms with van der Waals surface area (Å²) in [4.78, 5) is 15.6. The minimum atomic E-state index is -0.892. The molecule has 0 fully saturated rings. The fraction of sp³-hybridized carbons (Fsp3) is 0.538. The third-order valence-corrected chi connectivity index (χ3v) is 4.28.